The Morgan fingerprint density at radius 3 is 2.00 bits per heavy atom. The van der Waals surface area contributed by atoms with Crippen molar-refractivity contribution in [2.45, 2.75) is 12.2 Å². The van der Waals surface area contributed by atoms with Gasteiger partial charge in [0.05, 0.1) is 25.4 Å². The highest BCUT2D eigenvalue weighted by molar-refractivity contribution is 5.85. The summed E-state index contributed by atoms with van der Waals surface area (Å²) in [6, 6.07) is 0. The number of morpholine rings is 1. The fraction of sp³-hybridized carbons (Fsp3) is 1.00. The maximum Gasteiger partial charge on any atom is 0.0935 e. The molecule has 1 heterocycles. The number of nitrogens with one attached hydrogen (secondary N) is 1. The Labute approximate surface area is 72.0 Å². The molecule has 0 radical (unpaired) electrons. The Hall–Kier alpha value is 0.130. The van der Waals surface area contributed by atoms with Crippen molar-refractivity contribution in [2.24, 2.45) is 0 Å². The summed E-state index contributed by atoms with van der Waals surface area (Å²) in [7, 11) is 0. The van der Waals surface area contributed by atoms with Gasteiger partial charge in [0.1, 0.15) is 0 Å². The zero-order valence-corrected chi connectivity index (χ0v) is 7.01. The molecular weight excluding hydrogens is 170 g/mol. The van der Waals surface area contributed by atoms with E-state index in [4.69, 9.17) is 14.9 Å². The minimum absolute atomic E-state index is 0. The van der Waals surface area contributed by atoms with Crippen LogP contribution in [0.5, 0.6) is 0 Å². The zero-order valence-electron chi connectivity index (χ0n) is 6.19. The molecule has 3 N–H and O–H groups in total. The van der Waals surface area contributed by atoms with Gasteiger partial charge in [0, 0.05) is 13.1 Å². The fourth-order valence-electron chi connectivity index (χ4n) is 0.989. The third-order valence-corrected chi connectivity index (χ3v) is 1.54. The van der Waals surface area contributed by atoms with Crippen LogP contribution in [0, 0.1) is 0 Å². The van der Waals surface area contributed by atoms with Crippen molar-refractivity contribution in [3.63, 3.8) is 0 Å². The van der Waals surface area contributed by atoms with Gasteiger partial charge in [-0.1, -0.05) is 0 Å². The average molecular weight is 184 g/mol. The molecule has 1 fully saturated rings. The van der Waals surface area contributed by atoms with E-state index in [1.54, 1.807) is 0 Å². The van der Waals surface area contributed by atoms with E-state index >= 15 is 0 Å². The highest BCUT2D eigenvalue weighted by Gasteiger charge is 2.19. The molecule has 11 heavy (non-hydrogen) atoms. The standard InChI is InChI=1S/C6H13NO3.ClH/c8-3-5-1-7-2-6(4-9)10-5;/h5-9H,1-4H2;1H. The molecule has 0 spiro atoms. The molecule has 1 saturated heterocycles. The van der Waals surface area contributed by atoms with Crippen molar-refractivity contribution in [1.29, 1.82) is 0 Å². The van der Waals surface area contributed by atoms with Crippen molar-refractivity contribution in [3.05, 3.63) is 0 Å². The molecule has 1 aliphatic rings. The highest BCUT2D eigenvalue weighted by atomic mass is 35.5. The minimum Gasteiger partial charge on any atom is -0.394 e. The van der Waals surface area contributed by atoms with Crippen LogP contribution in [-0.2, 0) is 4.74 Å². The first kappa shape index (κ1) is 11.1. The van der Waals surface area contributed by atoms with Crippen LogP contribution in [0.3, 0.4) is 0 Å². The maximum absolute atomic E-state index is 8.66. The van der Waals surface area contributed by atoms with Gasteiger partial charge in [-0.05, 0) is 0 Å². The number of ether oxygens (including phenoxy) is 1. The van der Waals surface area contributed by atoms with E-state index in [9.17, 15) is 0 Å². The second-order valence-corrected chi connectivity index (χ2v) is 2.40. The van der Waals surface area contributed by atoms with Crippen molar-refractivity contribution in [2.75, 3.05) is 26.3 Å². The zero-order chi connectivity index (χ0) is 7.40. The first-order chi connectivity index (χ1) is 4.86. The molecule has 0 saturated carbocycles. The minimum atomic E-state index is -0.147. The van der Waals surface area contributed by atoms with Gasteiger partial charge in [-0.3, -0.25) is 0 Å². The van der Waals surface area contributed by atoms with Gasteiger partial charge in [-0.2, -0.15) is 0 Å². The quantitative estimate of drug-likeness (QED) is 0.501. The van der Waals surface area contributed by atoms with Gasteiger partial charge in [0.25, 0.3) is 0 Å². The SMILES string of the molecule is Cl.OCC1CNCC(CO)O1. The third-order valence-electron chi connectivity index (χ3n) is 1.54. The van der Waals surface area contributed by atoms with Crippen LogP contribution in [0.2, 0.25) is 0 Å². The van der Waals surface area contributed by atoms with Crippen LogP contribution in [0.25, 0.3) is 0 Å². The molecule has 2 unspecified atom stereocenters. The second kappa shape index (κ2) is 5.74. The molecule has 0 aromatic rings. The number of hydrogen-bond acceptors (Lipinski definition) is 4. The molecule has 1 aliphatic heterocycles. The Morgan fingerprint density at radius 2 is 1.64 bits per heavy atom. The molecule has 0 aromatic carbocycles. The van der Waals surface area contributed by atoms with E-state index in [1.165, 1.54) is 0 Å². The summed E-state index contributed by atoms with van der Waals surface area (Å²) in [4.78, 5) is 0. The van der Waals surface area contributed by atoms with E-state index < -0.39 is 0 Å². The maximum atomic E-state index is 8.66. The number of aliphatic hydroxyl groups is 2. The van der Waals surface area contributed by atoms with Crippen molar-refractivity contribution in [3.8, 4) is 0 Å². The van der Waals surface area contributed by atoms with Crippen LogP contribution in [0.15, 0.2) is 0 Å². The van der Waals surface area contributed by atoms with Crippen LogP contribution in [-0.4, -0.2) is 48.7 Å². The number of hydrogen-bond donors (Lipinski definition) is 3. The number of halogens is 1. The smallest absolute Gasteiger partial charge is 0.0935 e. The predicted molar refractivity (Wildman–Crippen MR) is 43.0 cm³/mol. The summed E-state index contributed by atoms with van der Waals surface area (Å²) in [5, 5.41) is 20.4. The van der Waals surface area contributed by atoms with Crippen LogP contribution < -0.4 is 5.32 Å². The lowest BCUT2D eigenvalue weighted by molar-refractivity contribution is -0.0788. The molecule has 4 nitrogen and oxygen atoms in total. The van der Waals surface area contributed by atoms with Gasteiger partial charge in [-0.25, -0.2) is 0 Å². The van der Waals surface area contributed by atoms with E-state index in [0.29, 0.717) is 13.1 Å². The van der Waals surface area contributed by atoms with Crippen LogP contribution in [0.4, 0.5) is 0 Å². The van der Waals surface area contributed by atoms with E-state index in [2.05, 4.69) is 5.32 Å². The van der Waals surface area contributed by atoms with E-state index in [-0.39, 0.29) is 37.8 Å². The van der Waals surface area contributed by atoms with Gasteiger partial charge in [0.2, 0.25) is 0 Å². The molecule has 1 rings (SSSR count). The normalized spacial score (nSPS) is 31.1. The molecule has 5 heteroatoms. The molecule has 0 amide bonds. The number of aliphatic hydroxyl groups excluding tert-OH is 2. The predicted octanol–water partition coefficient (Wildman–Crippen LogP) is -1.25. The monoisotopic (exact) mass is 183 g/mol. The summed E-state index contributed by atoms with van der Waals surface area (Å²) in [6.45, 7) is 1.38. The average Bonchev–Trinajstić information content (AvgIpc) is 2.05. The lowest BCUT2D eigenvalue weighted by atomic mass is 10.2. The molecule has 2 atom stereocenters. The van der Waals surface area contributed by atoms with Crippen molar-refractivity contribution < 1.29 is 14.9 Å². The Kier molecular flexibility index (Phi) is 5.81. The van der Waals surface area contributed by atoms with E-state index in [0.717, 1.165) is 0 Å². The molecule has 0 aromatic heterocycles. The summed E-state index contributed by atoms with van der Waals surface area (Å²) in [5.41, 5.74) is 0. The lowest BCUT2D eigenvalue weighted by Crippen LogP contribution is -2.47. The summed E-state index contributed by atoms with van der Waals surface area (Å²) in [5.74, 6) is 0. The van der Waals surface area contributed by atoms with Gasteiger partial charge >= 0.3 is 0 Å². The Bertz CT molecular complexity index is 93.8. The summed E-state index contributed by atoms with van der Waals surface area (Å²) < 4.78 is 5.22. The first-order valence-electron chi connectivity index (χ1n) is 3.44. The topological polar surface area (TPSA) is 61.7 Å². The molecular formula is C6H14ClNO3. The highest BCUT2D eigenvalue weighted by Crippen LogP contribution is 2.01. The van der Waals surface area contributed by atoms with E-state index in [1.807, 2.05) is 0 Å². The van der Waals surface area contributed by atoms with Crippen molar-refractivity contribution in [1.82, 2.24) is 5.32 Å². The molecule has 68 valence electrons. The first-order valence-corrected chi connectivity index (χ1v) is 3.44. The largest absolute Gasteiger partial charge is 0.394 e. The Morgan fingerprint density at radius 1 is 1.18 bits per heavy atom. The molecule has 0 bridgehead atoms. The Balaban J connectivity index is 0.000001000. The van der Waals surface area contributed by atoms with Gasteiger partial charge < -0.3 is 20.3 Å². The summed E-state index contributed by atoms with van der Waals surface area (Å²) >= 11 is 0. The second-order valence-electron chi connectivity index (χ2n) is 2.40. The van der Waals surface area contributed by atoms with Gasteiger partial charge in [0.15, 0.2) is 0 Å². The lowest BCUT2D eigenvalue weighted by Gasteiger charge is -2.28. The van der Waals surface area contributed by atoms with Crippen LogP contribution >= 0.6 is 12.4 Å². The number of rotatable bonds is 2. The van der Waals surface area contributed by atoms with Crippen molar-refractivity contribution >= 4 is 12.4 Å². The summed E-state index contributed by atoms with van der Waals surface area (Å²) in [6.07, 6.45) is -0.295. The molecule has 0 aliphatic carbocycles. The third kappa shape index (κ3) is 3.35. The van der Waals surface area contributed by atoms with Gasteiger partial charge in [-0.15, -0.1) is 12.4 Å². The fourth-order valence-corrected chi connectivity index (χ4v) is 0.989. The van der Waals surface area contributed by atoms with Crippen LogP contribution in [0.1, 0.15) is 0 Å².